The second-order valence-electron chi connectivity index (χ2n) is 6.23. The van der Waals surface area contributed by atoms with E-state index >= 15 is 0 Å². The van der Waals surface area contributed by atoms with Gasteiger partial charge in [0.15, 0.2) is 0 Å². The molecule has 2 aliphatic heterocycles. The standard InChI is InChI=1S/C16H21N5O/c17-15-12-5-4-8-21-10-11(9-13(21)14(12)18-19-15)16(22)20-6-2-1-3-7-20/h9-10H,1-8H2,(H3,17,18,19). The van der Waals surface area contributed by atoms with Crippen LogP contribution in [0.25, 0.3) is 11.4 Å². The Labute approximate surface area is 129 Å². The van der Waals surface area contributed by atoms with Gasteiger partial charge in [-0.05, 0) is 38.2 Å². The average Bonchev–Trinajstić information content (AvgIpc) is 3.08. The van der Waals surface area contributed by atoms with Crippen LogP contribution in [0.3, 0.4) is 0 Å². The fraction of sp³-hybridized carbons (Fsp3) is 0.500. The van der Waals surface area contributed by atoms with Crippen LogP contribution in [0.15, 0.2) is 12.3 Å². The Hall–Kier alpha value is -2.24. The Morgan fingerprint density at radius 3 is 2.82 bits per heavy atom. The summed E-state index contributed by atoms with van der Waals surface area (Å²) in [6.07, 6.45) is 7.37. The average molecular weight is 299 g/mol. The van der Waals surface area contributed by atoms with Crippen molar-refractivity contribution in [3.05, 3.63) is 23.4 Å². The second kappa shape index (κ2) is 5.19. The number of carbonyl (C=O) groups is 1. The minimum absolute atomic E-state index is 0.148. The number of likely N-dealkylation sites (tertiary alicyclic amines) is 1. The van der Waals surface area contributed by atoms with Crippen molar-refractivity contribution in [1.82, 2.24) is 19.7 Å². The first kappa shape index (κ1) is 13.4. The number of amides is 1. The molecule has 3 N–H and O–H groups in total. The lowest BCUT2D eigenvalue weighted by Gasteiger charge is -2.26. The molecule has 0 aromatic carbocycles. The van der Waals surface area contributed by atoms with Crippen LogP contribution in [0.4, 0.5) is 5.82 Å². The molecule has 0 bridgehead atoms. The van der Waals surface area contributed by atoms with Crippen LogP contribution in [-0.2, 0) is 13.0 Å². The van der Waals surface area contributed by atoms with Crippen molar-refractivity contribution in [3.8, 4) is 11.4 Å². The van der Waals surface area contributed by atoms with Gasteiger partial charge in [-0.1, -0.05) is 0 Å². The highest BCUT2D eigenvalue weighted by Crippen LogP contribution is 2.31. The first-order chi connectivity index (χ1) is 10.7. The number of fused-ring (bicyclic) bond motifs is 3. The zero-order valence-corrected chi connectivity index (χ0v) is 12.6. The molecule has 2 aromatic heterocycles. The number of nitrogen functional groups attached to an aromatic ring is 1. The van der Waals surface area contributed by atoms with Crippen molar-refractivity contribution in [3.63, 3.8) is 0 Å². The van der Waals surface area contributed by atoms with Crippen molar-refractivity contribution in [2.24, 2.45) is 0 Å². The van der Waals surface area contributed by atoms with Gasteiger partial charge in [0.1, 0.15) is 5.82 Å². The summed E-state index contributed by atoms with van der Waals surface area (Å²) in [5.74, 6) is 0.725. The van der Waals surface area contributed by atoms with Crippen molar-refractivity contribution in [2.45, 2.75) is 38.6 Å². The van der Waals surface area contributed by atoms with Gasteiger partial charge >= 0.3 is 0 Å². The molecule has 0 saturated carbocycles. The highest BCUT2D eigenvalue weighted by atomic mass is 16.2. The van der Waals surface area contributed by atoms with Gasteiger partial charge in [0.2, 0.25) is 0 Å². The number of H-pyrrole nitrogens is 1. The molecule has 0 atom stereocenters. The van der Waals surface area contributed by atoms with Crippen molar-refractivity contribution < 1.29 is 4.79 Å². The third kappa shape index (κ3) is 2.10. The largest absolute Gasteiger partial charge is 0.382 e. The van der Waals surface area contributed by atoms with Crippen LogP contribution in [0.1, 0.15) is 41.6 Å². The topological polar surface area (TPSA) is 79.9 Å². The van der Waals surface area contributed by atoms with E-state index in [0.717, 1.165) is 67.8 Å². The number of aryl methyl sites for hydroxylation is 1. The number of piperidine rings is 1. The zero-order valence-electron chi connectivity index (χ0n) is 12.6. The normalized spacial score (nSPS) is 17.7. The molecule has 0 radical (unpaired) electrons. The number of aromatic amines is 1. The van der Waals surface area contributed by atoms with Gasteiger partial charge in [0.25, 0.3) is 5.91 Å². The first-order valence-corrected chi connectivity index (χ1v) is 8.06. The summed E-state index contributed by atoms with van der Waals surface area (Å²) in [7, 11) is 0. The number of carbonyl (C=O) groups excluding carboxylic acids is 1. The van der Waals surface area contributed by atoms with Gasteiger partial charge in [0, 0.05) is 31.4 Å². The van der Waals surface area contributed by atoms with Gasteiger partial charge in [0.05, 0.1) is 17.0 Å². The number of hydrogen-bond donors (Lipinski definition) is 2. The summed E-state index contributed by atoms with van der Waals surface area (Å²) >= 11 is 0. The van der Waals surface area contributed by atoms with Gasteiger partial charge in [-0.25, -0.2) is 0 Å². The minimum Gasteiger partial charge on any atom is -0.382 e. The van der Waals surface area contributed by atoms with Crippen LogP contribution in [0, 0.1) is 0 Å². The molecular formula is C16H21N5O. The number of nitrogens with one attached hydrogen (secondary N) is 1. The number of rotatable bonds is 1. The van der Waals surface area contributed by atoms with E-state index in [4.69, 9.17) is 5.73 Å². The molecule has 0 aliphatic carbocycles. The predicted molar refractivity (Wildman–Crippen MR) is 84.5 cm³/mol. The molecule has 22 heavy (non-hydrogen) atoms. The maximum atomic E-state index is 12.7. The zero-order chi connectivity index (χ0) is 15.1. The fourth-order valence-electron chi connectivity index (χ4n) is 3.57. The van der Waals surface area contributed by atoms with Crippen molar-refractivity contribution >= 4 is 11.7 Å². The van der Waals surface area contributed by atoms with Gasteiger partial charge in [-0.15, -0.1) is 0 Å². The van der Waals surface area contributed by atoms with Crippen LogP contribution in [0.2, 0.25) is 0 Å². The summed E-state index contributed by atoms with van der Waals surface area (Å²) < 4.78 is 2.15. The lowest BCUT2D eigenvalue weighted by atomic mass is 10.1. The molecule has 6 nitrogen and oxygen atoms in total. The third-order valence-corrected chi connectivity index (χ3v) is 4.77. The predicted octanol–water partition coefficient (Wildman–Crippen LogP) is 2.03. The monoisotopic (exact) mass is 299 g/mol. The van der Waals surface area contributed by atoms with E-state index in [1.54, 1.807) is 0 Å². The lowest BCUT2D eigenvalue weighted by molar-refractivity contribution is 0.0724. The molecule has 1 saturated heterocycles. The third-order valence-electron chi connectivity index (χ3n) is 4.77. The first-order valence-electron chi connectivity index (χ1n) is 8.06. The van der Waals surface area contributed by atoms with Crippen molar-refractivity contribution in [2.75, 3.05) is 18.8 Å². The minimum atomic E-state index is 0.148. The Morgan fingerprint density at radius 1 is 1.18 bits per heavy atom. The molecule has 1 amide bonds. The summed E-state index contributed by atoms with van der Waals surface area (Å²) in [5.41, 5.74) is 9.79. The van der Waals surface area contributed by atoms with Gasteiger partial charge < -0.3 is 15.2 Å². The maximum Gasteiger partial charge on any atom is 0.255 e. The Balaban J connectivity index is 1.70. The van der Waals surface area contributed by atoms with Crippen LogP contribution in [-0.4, -0.2) is 38.7 Å². The van der Waals surface area contributed by atoms with E-state index in [0.29, 0.717) is 5.82 Å². The number of nitrogens with two attached hydrogens (primary N) is 1. The Bertz CT molecular complexity index is 708. The van der Waals surface area contributed by atoms with E-state index in [1.165, 1.54) is 6.42 Å². The van der Waals surface area contributed by atoms with Crippen LogP contribution < -0.4 is 5.73 Å². The quantitative estimate of drug-likeness (QED) is 0.845. The van der Waals surface area contributed by atoms with Crippen LogP contribution >= 0.6 is 0 Å². The summed E-state index contributed by atoms with van der Waals surface area (Å²) in [6.45, 7) is 2.66. The van der Waals surface area contributed by atoms with Crippen molar-refractivity contribution in [1.29, 1.82) is 0 Å². The van der Waals surface area contributed by atoms with Gasteiger partial charge in [-0.2, -0.15) is 5.10 Å². The number of anilines is 1. The number of nitrogens with zero attached hydrogens (tertiary/aromatic N) is 3. The smallest absolute Gasteiger partial charge is 0.255 e. The molecule has 0 unspecified atom stereocenters. The lowest BCUT2D eigenvalue weighted by Crippen LogP contribution is -2.35. The van der Waals surface area contributed by atoms with Gasteiger partial charge in [-0.3, -0.25) is 9.89 Å². The maximum absolute atomic E-state index is 12.7. The molecule has 4 heterocycles. The Kier molecular flexibility index (Phi) is 3.17. The summed E-state index contributed by atoms with van der Waals surface area (Å²) in [4.78, 5) is 14.7. The number of aromatic nitrogens is 3. The van der Waals surface area contributed by atoms with E-state index in [-0.39, 0.29) is 5.91 Å². The summed E-state index contributed by atoms with van der Waals surface area (Å²) in [5, 5.41) is 7.16. The second-order valence-corrected chi connectivity index (χ2v) is 6.23. The highest BCUT2D eigenvalue weighted by Gasteiger charge is 2.24. The molecule has 6 heteroatoms. The summed E-state index contributed by atoms with van der Waals surface area (Å²) in [6, 6.07) is 1.98. The van der Waals surface area contributed by atoms with E-state index in [1.807, 2.05) is 17.2 Å². The molecule has 4 rings (SSSR count). The van der Waals surface area contributed by atoms with E-state index in [2.05, 4.69) is 14.8 Å². The fourth-order valence-corrected chi connectivity index (χ4v) is 3.57. The molecule has 116 valence electrons. The number of hydrogen-bond acceptors (Lipinski definition) is 3. The highest BCUT2D eigenvalue weighted by molar-refractivity contribution is 5.95. The molecule has 2 aliphatic rings. The van der Waals surface area contributed by atoms with E-state index < -0.39 is 0 Å². The Morgan fingerprint density at radius 2 is 2.00 bits per heavy atom. The molecular weight excluding hydrogens is 278 g/mol. The molecule has 1 fully saturated rings. The SMILES string of the molecule is Nc1n[nH]c2c1CCCn1cc(C(=O)N3CCCCC3)cc1-2. The molecule has 2 aromatic rings. The van der Waals surface area contributed by atoms with Crippen LogP contribution in [0.5, 0.6) is 0 Å². The van der Waals surface area contributed by atoms with E-state index in [9.17, 15) is 4.79 Å². The molecule has 0 spiro atoms.